The summed E-state index contributed by atoms with van der Waals surface area (Å²) in [6, 6.07) is 6.81. The van der Waals surface area contributed by atoms with Gasteiger partial charge >= 0.3 is 6.01 Å². The van der Waals surface area contributed by atoms with Crippen LogP contribution in [0.3, 0.4) is 0 Å². The number of pyridine rings is 1. The van der Waals surface area contributed by atoms with Gasteiger partial charge in [0.2, 0.25) is 0 Å². The Morgan fingerprint density at radius 2 is 1.85 bits per heavy atom. The number of β-amino-alcohol motifs (C(OH)–C–C–N with tert-alkyl or cyclic N) is 1. The van der Waals surface area contributed by atoms with Crippen LogP contribution in [0.15, 0.2) is 30.5 Å². The molecule has 2 N–H and O–H groups in total. The molecule has 2 aromatic carbocycles. The lowest BCUT2D eigenvalue weighted by Crippen LogP contribution is -2.56. The molecule has 12 heteroatoms. The molecule has 0 spiro atoms. The Balaban J connectivity index is 1.20. The third-order valence-corrected chi connectivity index (χ3v) is 12.5. The molecule has 1 aliphatic carbocycles. The van der Waals surface area contributed by atoms with Crippen molar-refractivity contribution in [1.82, 2.24) is 19.9 Å². The Labute approximate surface area is 309 Å². The van der Waals surface area contributed by atoms with Gasteiger partial charge < -0.3 is 29.3 Å². The Bertz CT molecular complexity index is 1990. The number of aromatic hydroxyl groups is 1. The molecule has 2 aromatic heterocycles. The van der Waals surface area contributed by atoms with Crippen LogP contribution in [-0.4, -0.2) is 100 Å². The summed E-state index contributed by atoms with van der Waals surface area (Å²) >= 11 is 0. The minimum absolute atomic E-state index is 0.00429. The summed E-state index contributed by atoms with van der Waals surface area (Å²) < 4.78 is 50.3. The highest BCUT2D eigenvalue weighted by Gasteiger charge is 2.50. The molecular weight excluding hydrogens is 680 g/mol. The number of fused-ring (bicyclic) bond motifs is 3. The second kappa shape index (κ2) is 14.5. The van der Waals surface area contributed by atoms with E-state index in [-0.39, 0.29) is 47.1 Å². The van der Waals surface area contributed by atoms with E-state index in [0.29, 0.717) is 71.7 Å². The molecule has 1 saturated carbocycles. The van der Waals surface area contributed by atoms with Crippen molar-refractivity contribution in [1.29, 1.82) is 0 Å². The first kappa shape index (κ1) is 36.3. The van der Waals surface area contributed by atoms with Gasteiger partial charge in [0, 0.05) is 49.0 Å². The highest BCUT2D eigenvalue weighted by molar-refractivity contribution is 6.01. The molecule has 4 fully saturated rings. The Morgan fingerprint density at radius 3 is 2.66 bits per heavy atom. The first-order valence-corrected chi connectivity index (χ1v) is 19.4. The van der Waals surface area contributed by atoms with Gasteiger partial charge in [0.05, 0.1) is 31.8 Å². The third-order valence-electron chi connectivity index (χ3n) is 12.5. The fourth-order valence-corrected chi connectivity index (χ4v) is 9.84. The summed E-state index contributed by atoms with van der Waals surface area (Å²) in [6.45, 7) is 10.2. The van der Waals surface area contributed by atoms with Gasteiger partial charge in [0.1, 0.15) is 34.2 Å². The zero-order chi connectivity index (χ0) is 36.9. The van der Waals surface area contributed by atoms with E-state index in [9.17, 15) is 10.2 Å². The minimum atomic E-state index is -1.18. The van der Waals surface area contributed by atoms with Crippen molar-refractivity contribution in [3.63, 3.8) is 0 Å². The van der Waals surface area contributed by atoms with E-state index in [0.717, 1.165) is 64.7 Å². The average molecular weight is 732 g/mol. The van der Waals surface area contributed by atoms with Crippen molar-refractivity contribution in [3.8, 4) is 23.0 Å². The number of aromatic nitrogens is 3. The zero-order valence-electron chi connectivity index (χ0n) is 31.0. The van der Waals surface area contributed by atoms with Gasteiger partial charge in [-0.2, -0.15) is 9.97 Å². The average Bonchev–Trinajstić information content (AvgIpc) is 3.51. The molecule has 284 valence electrons. The number of anilines is 1. The highest BCUT2D eigenvalue weighted by atomic mass is 19.1. The number of rotatable bonds is 8. The number of aryl methyl sites for hydroxylation is 1. The predicted octanol–water partition coefficient (Wildman–Crippen LogP) is 6.81. The summed E-state index contributed by atoms with van der Waals surface area (Å²) in [7, 11) is 0. The van der Waals surface area contributed by atoms with Crippen LogP contribution >= 0.6 is 0 Å². The molecule has 5 heterocycles. The second-order valence-electron chi connectivity index (χ2n) is 16.0. The van der Waals surface area contributed by atoms with Gasteiger partial charge in [0.25, 0.3) is 0 Å². The van der Waals surface area contributed by atoms with Gasteiger partial charge in [-0.05, 0) is 106 Å². The molecule has 0 amide bonds. The SMILES string of the molecule is CCc1c(F)ccc2cc(O)cc(-c3ncc4c(N5CCOC[C@@](C)(O)C5)nc(OCC56CCC[C@H]5N(C(C)C5CCOCC5)CCC6)nc4c3F)c12. The molecule has 3 aliphatic heterocycles. The van der Waals surface area contributed by atoms with Crippen molar-refractivity contribution >= 4 is 27.5 Å². The molecule has 3 saturated heterocycles. The van der Waals surface area contributed by atoms with Crippen LogP contribution in [-0.2, 0) is 15.9 Å². The van der Waals surface area contributed by atoms with Crippen LogP contribution in [0.1, 0.15) is 71.3 Å². The lowest BCUT2D eigenvalue weighted by Gasteiger charge is -2.50. The van der Waals surface area contributed by atoms with Crippen LogP contribution in [0.4, 0.5) is 14.6 Å². The van der Waals surface area contributed by atoms with Crippen LogP contribution in [0.5, 0.6) is 11.8 Å². The summed E-state index contributed by atoms with van der Waals surface area (Å²) in [5.41, 5.74) is -0.608. The third kappa shape index (κ3) is 6.81. The van der Waals surface area contributed by atoms with Gasteiger partial charge in [-0.25, -0.2) is 8.78 Å². The fourth-order valence-electron chi connectivity index (χ4n) is 9.84. The number of aliphatic hydroxyl groups is 1. The highest BCUT2D eigenvalue weighted by Crippen LogP contribution is 2.49. The fraction of sp³-hybridized carbons (Fsp3) is 0.585. The van der Waals surface area contributed by atoms with Gasteiger partial charge in [-0.3, -0.25) is 9.88 Å². The Hall–Kier alpha value is -3.71. The molecule has 4 atom stereocenters. The molecule has 2 unspecified atom stereocenters. The number of likely N-dealkylation sites (tertiary alicyclic amines) is 1. The van der Waals surface area contributed by atoms with E-state index in [4.69, 9.17) is 24.2 Å². The van der Waals surface area contributed by atoms with Crippen LogP contribution in [0, 0.1) is 23.0 Å². The first-order chi connectivity index (χ1) is 25.6. The number of halogens is 2. The molecule has 0 bridgehead atoms. The maximum absolute atomic E-state index is 17.1. The number of hydrogen-bond acceptors (Lipinski definition) is 10. The van der Waals surface area contributed by atoms with E-state index in [1.807, 2.05) is 11.8 Å². The maximum atomic E-state index is 17.1. The second-order valence-corrected chi connectivity index (χ2v) is 16.0. The number of phenolic OH excluding ortho intramolecular Hbond substituents is 1. The molecule has 8 rings (SSSR count). The van der Waals surface area contributed by atoms with E-state index in [1.54, 1.807) is 19.1 Å². The van der Waals surface area contributed by atoms with E-state index in [1.165, 1.54) is 18.3 Å². The Kier molecular flexibility index (Phi) is 9.93. The first-order valence-electron chi connectivity index (χ1n) is 19.4. The topological polar surface area (TPSA) is 113 Å². The number of ether oxygens (including phenoxy) is 3. The Morgan fingerprint density at radius 1 is 1.04 bits per heavy atom. The molecule has 53 heavy (non-hydrogen) atoms. The van der Waals surface area contributed by atoms with Gasteiger partial charge in [-0.15, -0.1) is 0 Å². The summed E-state index contributed by atoms with van der Waals surface area (Å²) in [6.07, 6.45) is 9.49. The van der Waals surface area contributed by atoms with Crippen molar-refractivity contribution in [2.24, 2.45) is 11.3 Å². The minimum Gasteiger partial charge on any atom is -0.508 e. The summed E-state index contributed by atoms with van der Waals surface area (Å²) in [5.74, 6) is -0.204. The molecule has 10 nitrogen and oxygen atoms in total. The van der Waals surface area contributed by atoms with Crippen molar-refractivity contribution in [2.45, 2.75) is 89.8 Å². The number of hydrogen-bond donors (Lipinski definition) is 2. The van der Waals surface area contributed by atoms with Crippen LogP contribution < -0.4 is 9.64 Å². The number of piperidine rings is 1. The summed E-state index contributed by atoms with van der Waals surface area (Å²) in [4.78, 5) is 18.8. The number of nitrogens with zero attached hydrogens (tertiary/aromatic N) is 5. The molecule has 4 aromatic rings. The molecular formula is C41H51F2N5O5. The molecule has 4 aliphatic rings. The monoisotopic (exact) mass is 731 g/mol. The maximum Gasteiger partial charge on any atom is 0.319 e. The predicted molar refractivity (Wildman–Crippen MR) is 199 cm³/mol. The van der Waals surface area contributed by atoms with Gasteiger partial charge in [0.15, 0.2) is 5.82 Å². The van der Waals surface area contributed by atoms with E-state index >= 15 is 8.78 Å². The van der Waals surface area contributed by atoms with Crippen molar-refractivity contribution in [2.75, 3.05) is 57.6 Å². The number of phenols is 1. The van der Waals surface area contributed by atoms with Crippen LogP contribution in [0.25, 0.3) is 32.9 Å². The number of benzene rings is 2. The largest absolute Gasteiger partial charge is 0.508 e. The summed E-state index contributed by atoms with van der Waals surface area (Å²) in [5, 5.41) is 23.2. The quantitative estimate of drug-likeness (QED) is 0.201. The smallest absolute Gasteiger partial charge is 0.319 e. The lowest BCUT2D eigenvalue weighted by molar-refractivity contribution is -0.0471. The zero-order valence-corrected chi connectivity index (χ0v) is 31.0. The van der Waals surface area contributed by atoms with Gasteiger partial charge in [-0.1, -0.05) is 19.4 Å². The standard InChI is InChI=1S/C41H51F2N5O5/c1-4-29-32(42)9-8-27-19-28(49)20-30(34(27)29)36-35(43)37-31(21-44-36)38(47-15-18-52-23-40(3,50)22-47)46-39(45-37)53-24-41-12-5-7-33(41)48(14-6-13-41)25(2)26-10-16-51-17-11-26/h8-9,19-21,25-26,33,49-50H,4-7,10-18,22-24H2,1-3H3/t25?,33-,40+,41?/m1/s1. The van der Waals surface area contributed by atoms with E-state index < -0.39 is 17.2 Å². The molecule has 0 radical (unpaired) electrons. The van der Waals surface area contributed by atoms with E-state index in [2.05, 4.69) is 16.8 Å². The van der Waals surface area contributed by atoms with Crippen molar-refractivity contribution < 1.29 is 33.2 Å². The normalized spacial score (nSPS) is 26.5. The lowest BCUT2D eigenvalue weighted by atomic mass is 9.74. The van der Waals surface area contributed by atoms with Crippen molar-refractivity contribution in [3.05, 3.63) is 47.7 Å². The van der Waals surface area contributed by atoms with Crippen LogP contribution in [0.2, 0.25) is 0 Å².